The zero-order valence-electron chi connectivity index (χ0n) is 4.41. The molecule has 0 heterocycles. The fourth-order valence-corrected chi connectivity index (χ4v) is 0.613. The van der Waals surface area contributed by atoms with Crippen LogP contribution in [0.15, 0.2) is 0 Å². The molecule has 0 spiro atoms. The van der Waals surface area contributed by atoms with E-state index in [0.717, 1.165) is 2.52 Å². The van der Waals surface area contributed by atoms with Gasteiger partial charge in [0.05, 0.1) is 6.54 Å². The third kappa shape index (κ3) is 3.69. The van der Waals surface area contributed by atoms with Crippen LogP contribution in [-0.4, -0.2) is 17.5 Å². The molecule has 52 valence electrons. The van der Waals surface area contributed by atoms with E-state index in [0.29, 0.717) is 0 Å². The van der Waals surface area contributed by atoms with E-state index in [-0.39, 0.29) is 6.54 Å². The third-order valence-electron chi connectivity index (χ3n) is 0.492. The van der Waals surface area contributed by atoms with Crippen molar-refractivity contribution in [1.29, 1.82) is 0 Å². The Balaban J connectivity index is 4.10. The van der Waals surface area contributed by atoms with Gasteiger partial charge < -0.3 is 0 Å². The van der Waals surface area contributed by atoms with Gasteiger partial charge in [-0.1, -0.05) is 5.92 Å². The topological polar surface area (TPSA) is 63.4 Å². The van der Waals surface area contributed by atoms with Crippen LogP contribution in [0.5, 0.6) is 0 Å². The van der Waals surface area contributed by atoms with Gasteiger partial charge in [0, 0.05) is 22.9 Å². The maximum Gasteiger partial charge on any atom is 0.286 e. The summed E-state index contributed by atoms with van der Waals surface area (Å²) in [5, 5.41) is 4.66. The summed E-state index contributed by atoms with van der Waals surface area (Å²) in [5.41, 5.74) is 0. The molecule has 0 radical (unpaired) electrons. The van der Waals surface area contributed by atoms with Crippen LogP contribution in [0.2, 0.25) is 0 Å². The number of terminal acetylenes is 1. The summed E-state index contributed by atoms with van der Waals surface area (Å²) in [6.45, 7) is -0.000602. The van der Waals surface area contributed by atoms with E-state index in [1.165, 1.54) is 22.9 Å². The lowest BCUT2D eigenvalue weighted by Crippen LogP contribution is -2.28. The van der Waals surface area contributed by atoms with Crippen molar-refractivity contribution in [2.45, 2.75) is 0 Å². The average molecular weight is 260 g/mol. The summed E-state index contributed by atoms with van der Waals surface area (Å²) in [7, 11) is -3.59. The normalized spacial score (nSPS) is 11.3. The molecule has 2 N–H and O–H groups in total. The lowest BCUT2D eigenvalue weighted by Gasteiger charge is -2.04. The van der Waals surface area contributed by atoms with Crippen molar-refractivity contribution in [2.75, 3.05) is 6.54 Å². The summed E-state index contributed by atoms with van der Waals surface area (Å²) in [6.07, 6.45) is 4.81. The van der Waals surface area contributed by atoms with Crippen LogP contribution in [0.4, 0.5) is 0 Å². The minimum absolute atomic E-state index is 0.000602. The van der Waals surface area contributed by atoms with Gasteiger partial charge in [-0.25, -0.2) is 5.14 Å². The SMILES string of the molecule is C#CCN(I)S(N)(=O)=O. The number of hydrogen-bond acceptors (Lipinski definition) is 2. The molecule has 0 aliphatic rings. The minimum Gasteiger partial charge on any atom is -0.215 e. The number of nitrogens with two attached hydrogens (primary N) is 1. The Morgan fingerprint density at radius 3 is 2.33 bits per heavy atom. The molecule has 0 unspecified atom stereocenters. The molecule has 0 rings (SSSR count). The molecule has 0 aliphatic carbocycles. The van der Waals surface area contributed by atoms with E-state index in [9.17, 15) is 8.42 Å². The third-order valence-corrected chi connectivity index (χ3v) is 3.16. The molecular weight excluding hydrogens is 255 g/mol. The van der Waals surface area contributed by atoms with Crippen molar-refractivity contribution in [3.63, 3.8) is 0 Å². The number of halogens is 1. The van der Waals surface area contributed by atoms with Gasteiger partial charge in [-0.15, -0.1) is 8.94 Å². The summed E-state index contributed by atoms with van der Waals surface area (Å²) in [5.74, 6) is 2.13. The zero-order chi connectivity index (χ0) is 7.49. The second-order valence-electron chi connectivity index (χ2n) is 1.19. The molecule has 0 aromatic rings. The molecule has 0 aromatic heterocycles. The summed E-state index contributed by atoms with van der Waals surface area (Å²) < 4.78 is 21.5. The van der Waals surface area contributed by atoms with Crippen LogP contribution in [-0.2, 0) is 10.2 Å². The van der Waals surface area contributed by atoms with E-state index in [1.807, 2.05) is 0 Å². The first kappa shape index (κ1) is 9.16. The zero-order valence-corrected chi connectivity index (χ0v) is 7.39. The van der Waals surface area contributed by atoms with Crippen molar-refractivity contribution in [3.8, 4) is 12.3 Å². The van der Waals surface area contributed by atoms with Crippen LogP contribution in [0.3, 0.4) is 0 Å². The average Bonchev–Trinajstić information content (AvgIpc) is 1.64. The second-order valence-corrected chi connectivity index (χ2v) is 4.48. The highest BCUT2D eigenvalue weighted by molar-refractivity contribution is 14.1. The second kappa shape index (κ2) is 3.36. The molecule has 0 aliphatic heterocycles. The molecule has 9 heavy (non-hydrogen) atoms. The van der Waals surface area contributed by atoms with Gasteiger partial charge in [0.25, 0.3) is 10.2 Å². The van der Waals surface area contributed by atoms with Crippen molar-refractivity contribution in [1.82, 2.24) is 2.52 Å². The summed E-state index contributed by atoms with van der Waals surface area (Å²) in [4.78, 5) is 0. The number of nitrogens with zero attached hydrogens (tertiary/aromatic N) is 1. The van der Waals surface area contributed by atoms with Crippen LogP contribution in [0, 0.1) is 12.3 Å². The van der Waals surface area contributed by atoms with Crippen molar-refractivity contribution in [2.24, 2.45) is 5.14 Å². The lowest BCUT2D eigenvalue weighted by atomic mass is 10.7. The van der Waals surface area contributed by atoms with E-state index in [2.05, 4.69) is 11.1 Å². The molecule has 0 saturated carbocycles. The molecule has 0 saturated heterocycles. The van der Waals surface area contributed by atoms with Gasteiger partial charge in [-0.2, -0.15) is 8.42 Å². The summed E-state index contributed by atoms with van der Waals surface area (Å²) in [6, 6.07) is 0. The lowest BCUT2D eigenvalue weighted by molar-refractivity contribution is 0.567. The van der Waals surface area contributed by atoms with Crippen LogP contribution in [0.25, 0.3) is 0 Å². The fourth-order valence-electron chi connectivity index (χ4n) is 0.162. The molecule has 0 amide bonds. The van der Waals surface area contributed by atoms with Crippen molar-refractivity contribution < 1.29 is 8.42 Å². The molecule has 0 atom stereocenters. The van der Waals surface area contributed by atoms with Gasteiger partial charge in [0.1, 0.15) is 0 Å². The highest BCUT2D eigenvalue weighted by Gasteiger charge is 2.10. The first-order valence-corrected chi connectivity index (χ1v) is 4.35. The predicted octanol–water partition coefficient (Wildman–Crippen LogP) is -0.525. The first-order valence-electron chi connectivity index (χ1n) is 1.88. The monoisotopic (exact) mass is 260 g/mol. The van der Waals surface area contributed by atoms with Crippen molar-refractivity contribution >= 4 is 33.1 Å². The Kier molecular flexibility index (Phi) is 3.42. The van der Waals surface area contributed by atoms with E-state index >= 15 is 0 Å². The molecule has 4 nitrogen and oxygen atoms in total. The number of hydrogen-bond donors (Lipinski definition) is 1. The maximum absolute atomic E-state index is 10.3. The van der Waals surface area contributed by atoms with E-state index in [4.69, 9.17) is 6.42 Å². The van der Waals surface area contributed by atoms with Crippen LogP contribution in [0.1, 0.15) is 0 Å². The fraction of sp³-hybridized carbons (Fsp3) is 0.333. The molecule has 0 aromatic carbocycles. The molecular formula is C3H5IN2O2S. The van der Waals surface area contributed by atoms with Crippen molar-refractivity contribution in [3.05, 3.63) is 0 Å². The standard InChI is InChI=1S/C3H5IN2O2S/c1-2-3-6(4)9(5,7)8/h1H,3H2,(H2,5,7,8). The maximum atomic E-state index is 10.3. The van der Waals surface area contributed by atoms with Crippen LogP contribution >= 0.6 is 22.9 Å². The highest BCUT2D eigenvalue weighted by atomic mass is 127. The highest BCUT2D eigenvalue weighted by Crippen LogP contribution is 2.00. The predicted molar refractivity (Wildman–Crippen MR) is 42.7 cm³/mol. The first-order chi connectivity index (χ1) is 3.98. The van der Waals surface area contributed by atoms with Gasteiger partial charge in [0.2, 0.25) is 0 Å². The molecule has 0 bridgehead atoms. The number of rotatable bonds is 2. The molecule has 6 heteroatoms. The Morgan fingerprint density at radius 1 is 1.78 bits per heavy atom. The van der Waals surface area contributed by atoms with Gasteiger partial charge in [-0.05, 0) is 0 Å². The van der Waals surface area contributed by atoms with Gasteiger partial charge in [0.15, 0.2) is 0 Å². The minimum atomic E-state index is -3.59. The molecule has 0 fully saturated rings. The smallest absolute Gasteiger partial charge is 0.215 e. The van der Waals surface area contributed by atoms with E-state index in [1.54, 1.807) is 0 Å². The Bertz CT molecular complexity index is 216. The Morgan fingerprint density at radius 2 is 2.22 bits per heavy atom. The van der Waals surface area contributed by atoms with Crippen LogP contribution < -0.4 is 5.14 Å². The van der Waals surface area contributed by atoms with Gasteiger partial charge in [-0.3, -0.25) is 0 Å². The van der Waals surface area contributed by atoms with E-state index < -0.39 is 10.2 Å². The summed E-state index contributed by atoms with van der Waals surface area (Å²) >= 11 is 1.53. The Labute approximate surface area is 68.1 Å². The van der Waals surface area contributed by atoms with Gasteiger partial charge >= 0.3 is 0 Å². The largest absolute Gasteiger partial charge is 0.286 e. The Hall–Kier alpha value is 0.160. The quantitative estimate of drug-likeness (QED) is 0.412.